The van der Waals surface area contributed by atoms with E-state index in [1.54, 1.807) is 0 Å². The maximum absolute atomic E-state index is 13.0. The van der Waals surface area contributed by atoms with Gasteiger partial charge in [0.1, 0.15) is 6.10 Å². The zero-order valence-electron chi connectivity index (χ0n) is 31.1. The molecule has 0 saturated carbocycles. The number of carbonyl (C=O) groups excluding carboxylic acids is 2. The Kier molecular flexibility index (Phi) is 34.0. The van der Waals surface area contributed by atoms with Crippen LogP contribution in [-0.2, 0) is 14.3 Å². The molecule has 0 radical (unpaired) electrons. The predicted octanol–water partition coefficient (Wildman–Crippen LogP) is 10.5. The van der Waals surface area contributed by atoms with E-state index in [0.29, 0.717) is 19.3 Å². The Bertz CT molecular complexity index is 890. The number of allylic oxidation sites excluding steroid dienone is 9. The fourth-order valence-corrected chi connectivity index (χ4v) is 5.51. The monoisotopic (exact) mass is 672 g/mol. The molecule has 0 heterocycles. The maximum Gasteiger partial charge on any atom is 0.306 e. The first-order chi connectivity index (χ1) is 23.5. The van der Waals surface area contributed by atoms with Gasteiger partial charge in [0.05, 0.1) is 25.2 Å². The van der Waals surface area contributed by atoms with Crippen molar-refractivity contribution in [1.29, 1.82) is 0 Å². The zero-order chi connectivity index (χ0) is 35.3. The number of aliphatic hydroxyl groups is 2. The molecule has 48 heavy (non-hydrogen) atoms. The van der Waals surface area contributed by atoms with Crippen molar-refractivity contribution in [2.24, 2.45) is 0 Å². The summed E-state index contributed by atoms with van der Waals surface area (Å²) < 4.78 is 5.76. The highest BCUT2D eigenvalue weighted by atomic mass is 16.5. The summed E-state index contributed by atoms with van der Waals surface area (Å²) >= 11 is 0. The summed E-state index contributed by atoms with van der Waals surface area (Å²) in [6.45, 7) is 6.22. The molecule has 0 rings (SSSR count). The number of rotatable bonds is 33. The average molecular weight is 672 g/mol. The molecule has 1 amide bonds. The Labute approximate surface area is 295 Å². The summed E-state index contributed by atoms with van der Waals surface area (Å²) in [5.41, 5.74) is 0. The lowest BCUT2D eigenvalue weighted by Gasteiger charge is -2.24. The van der Waals surface area contributed by atoms with Crippen molar-refractivity contribution in [3.63, 3.8) is 0 Å². The number of unbranched alkanes of at least 4 members (excludes halogenated alkanes) is 16. The second-order valence-electron chi connectivity index (χ2n) is 13.1. The van der Waals surface area contributed by atoms with E-state index in [0.717, 1.165) is 44.9 Å². The largest absolute Gasteiger partial charge is 0.461 e. The third-order valence-corrected chi connectivity index (χ3v) is 8.49. The standard InChI is InChI=1S/C42H73NO5/c1-4-7-10-13-16-19-20-23-24-27-30-33-38(48-42(47)35-32-29-26-22-18-15-12-9-6-3)36-41(46)43-39(37-44)40(45)34-31-28-25-21-17-14-11-8-5-2/h7,10,13,16,19-20,23-24,27,30,38-40,44-45H,4-6,8-9,11-12,14-15,17-18,21-22,25-26,28-29,31-37H2,1-3H3,(H,43,46)/b10-7+,16-13+,20-19-,24-23-,30-27+. The summed E-state index contributed by atoms with van der Waals surface area (Å²) in [4.78, 5) is 25.7. The second-order valence-corrected chi connectivity index (χ2v) is 13.1. The molecule has 0 aliphatic carbocycles. The van der Waals surface area contributed by atoms with E-state index in [-0.39, 0.29) is 24.9 Å². The molecule has 0 spiro atoms. The van der Waals surface area contributed by atoms with Crippen molar-refractivity contribution in [3.8, 4) is 0 Å². The Morgan fingerprint density at radius 2 is 1.08 bits per heavy atom. The molecule has 0 aliphatic heterocycles. The van der Waals surface area contributed by atoms with Crippen LogP contribution < -0.4 is 5.32 Å². The van der Waals surface area contributed by atoms with Crippen LogP contribution in [0.25, 0.3) is 0 Å². The predicted molar refractivity (Wildman–Crippen MR) is 204 cm³/mol. The van der Waals surface area contributed by atoms with Gasteiger partial charge in [-0.25, -0.2) is 0 Å². The van der Waals surface area contributed by atoms with E-state index in [4.69, 9.17) is 4.74 Å². The Morgan fingerprint density at radius 3 is 1.58 bits per heavy atom. The van der Waals surface area contributed by atoms with Crippen LogP contribution in [-0.4, -0.2) is 46.9 Å². The highest BCUT2D eigenvalue weighted by molar-refractivity contribution is 5.77. The van der Waals surface area contributed by atoms with E-state index in [1.165, 1.54) is 77.0 Å². The number of hydrogen-bond donors (Lipinski definition) is 3. The normalized spacial score (nSPS) is 14.2. The SMILES string of the molecule is CC/C=C/C=C/C=C\C=C/C=C/CC(CC(=O)NC(CO)C(O)CCCCCCCCCCC)OC(=O)CCCCCCCCCCC. The van der Waals surface area contributed by atoms with Gasteiger partial charge >= 0.3 is 5.97 Å². The summed E-state index contributed by atoms with van der Waals surface area (Å²) in [6.07, 6.45) is 41.7. The van der Waals surface area contributed by atoms with Crippen LogP contribution in [0.3, 0.4) is 0 Å². The van der Waals surface area contributed by atoms with Crippen LogP contribution >= 0.6 is 0 Å². The first-order valence-electron chi connectivity index (χ1n) is 19.6. The van der Waals surface area contributed by atoms with Gasteiger partial charge in [-0.15, -0.1) is 0 Å². The molecule has 3 atom stereocenters. The third kappa shape index (κ3) is 30.9. The number of esters is 1. The van der Waals surface area contributed by atoms with E-state index in [9.17, 15) is 19.8 Å². The van der Waals surface area contributed by atoms with Crippen molar-refractivity contribution < 1.29 is 24.5 Å². The molecular weight excluding hydrogens is 598 g/mol. The molecule has 0 aromatic carbocycles. The molecule has 0 aliphatic rings. The molecule has 6 heteroatoms. The first-order valence-corrected chi connectivity index (χ1v) is 19.6. The van der Waals surface area contributed by atoms with Gasteiger partial charge in [0.2, 0.25) is 5.91 Å². The van der Waals surface area contributed by atoms with E-state index >= 15 is 0 Å². The molecule has 0 aromatic heterocycles. The molecule has 3 unspecified atom stereocenters. The van der Waals surface area contributed by atoms with Gasteiger partial charge in [-0.1, -0.05) is 191 Å². The number of ether oxygens (including phenoxy) is 1. The van der Waals surface area contributed by atoms with Gasteiger partial charge in [0.15, 0.2) is 0 Å². The lowest BCUT2D eigenvalue weighted by molar-refractivity contribution is -0.150. The van der Waals surface area contributed by atoms with Crippen molar-refractivity contribution in [1.82, 2.24) is 5.32 Å². The molecular formula is C42H73NO5. The third-order valence-electron chi connectivity index (χ3n) is 8.49. The fraction of sp³-hybridized carbons (Fsp3) is 0.714. The van der Waals surface area contributed by atoms with Gasteiger partial charge in [-0.2, -0.15) is 0 Å². The second kappa shape index (κ2) is 35.9. The van der Waals surface area contributed by atoms with E-state index < -0.39 is 18.2 Å². The molecule has 6 nitrogen and oxygen atoms in total. The van der Waals surface area contributed by atoms with Gasteiger partial charge in [-0.05, 0) is 19.3 Å². The molecule has 0 saturated heterocycles. The molecule has 0 fully saturated rings. The highest BCUT2D eigenvalue weighted by Crippen LogP contribution is 2.15. The van der Waals surface area contributed by atoms with E-state index in [2.05, 4.69) is 32.2 Å². The minimum absolute atomic E-state index is 0.0191. The Balaban J connectivity index is 4.83. The van der Waals surface area contributed by atoms with Crippen LogP contribution in [0.4, 0.5) is 0 Å². The van der Waals surface area contributed by atoms with Crippen LogP contribution in [0.5, 0.6) is 0 Å². The number of nitrogens with one attached hydrogen (secondary N) is 1. The quantitative estimate of drug-likeness (QED) is 0.0367. The summed E-state index contributed by atoms with van der Waals surface area (Å²) in [5, 5.41) is 23.4. The van der Waals surface area contributed by atoms with Crippen LogP contribution in [0.15, 0.2) is 60.8 Å². The van der Waals surface area contributed by atoms with Gasteiger partial charge in [0, 0.05) is 12.8 Å². The molecule has 3 N–H and O–H groups in total. The van der Waals surface area contributed by atoms with Crippen LogP contribution in [0.1, 0.15) is 168 Å². The van der Waals surface area contributed by atoms with Gasteiger partial charge in [0.25, 0.3) is 0 Å². The smallest absolute Gasteiger partial charge is 0.306 e. The minimum Gasteiger partial charge on any atom is -0.461 e. The van der Waals surface area contributed by atoms with Crippen molar-refractivity contribution in [2.75, 3.05) is 6.61 Å². The highest BCUT2D eigenvalue weighted by Gasteiger charge is 2.23. The van der Waals surface area contributed by atoms with Crippen molar-refractivity contribution >= 4 is 11.9 Å². The number of amides is 1. The minimum atomic E-state index is -0.813. The first kappa shape index (κ1) is 45.6. The van der Waals surface area contributed by atoms with E-state index in [1.807, 2.05) is 54.7 Å². The summed E-state index contributed by atoms with van der Waals surface area (Å²) in [7, 11) is 0. The van der Waals surface area contributed by atoms with Crippen LogP contribution in [0.2, 0.25) is 0 Å². The maximum atomic E-state index is 13.0. The topological polar surface area (TPSA) is 95.9 Å². The molecule has 0 bridgehead atoms. The number of hydrogen-bond acceptors (Lipinski definition) is 5. The Morgan fingerprint density at radius 1 is 0.625 bits per heavy atom. The van der Waals surface area contributed by atoms with Crippen LogP contribution in [0, 0.1) is 0 Å². The van der Waals surface area contributed by atoms with Gasteiger partial charge < -0.3 is 20.3 Å². The summed E-state index contributed by atoms with van der Waals surface area (Å²) in [6, 6.07) is -0.735. The number of carbonyl (C=O) groups is 2. The fourth-order valence-electron chi connectivity index (χ4n) is 5.51. The molecule has 276 valence electrons. The molecule has 0 aromatic rings. The lowest BCUT2D eigenvalue weighted by Crippen LogP contribution is -2.46. The average Bonchev–Trinajstić information content (AvgIpc) is 3.07. The zero-order valence-corrected chi connectivity index (χ0v) is 31.1. The Hall–Kier alpha value is -2.44. The van der Waals surface area contributed by atoms with Crippen molar-refractivity contribution in [2.45, 2.75) is 187 Å². The van der Waals surface area contributed by atoms with Gasteiger partial charge in [-0.3, -0.25) is 9.59 Å². The number of aliphatic hydroxyl groups excluding tert-OH is 2. The van der Waals surface area contributed by atoms with Crippen molar-refractivity contribution in [3.05, 3.63) is 60.8 Å². The summed E-state index contributed by atoms with van der Waals surface area (Å²) in [5.74, 6) is -0.618. The lowest BCUT2D eigenvalue weighted by atomic mass is 10.0.